The number of H-pyrrole nitrogens is 1. The fourth-order valence-electron chi connectivity index (χ4n) is 1.63. The zero-order chi connectivity index (χ0) is 9.10. The van der Waals surface area contributed by atoms with Gasteiger partial charge in [0.1, 0.15) is 5.82 Å². The van der Waals surface area contributed by atoms with Gasteiger partial charge < -0.3 is 15.5 Å². The Morgan fingerprint density at radius 2 is 2.62 bits per heavy atom. The molecule has 1 aliphatic heterocycles. The fourth-order valence-corrected chi connectivity index (χ4v) is 1.63. The molecule has 3 N–H and O–H groups in total. The third-order valence-corrected chi connectivity index (χ3v) is 2.40. The maximum atomic E-state index is 5.44. The first-order valence-corrected chi connectivity index (χ1v) is 4.71. The molecule has 0 spiro atoms. The van der Waals surface area contributed by atoms with Crippen molar-refractivity contribution in [1.29, 1.82) is 0 Å². The molecular formula is C9H15N3O. The van der Waals surface area contributed by atoms with Crippen LogP contribution < -0.4 is 5.73 Å². The Hall–Kier alpha value is -0.870. The monoisotopic (exact) mass is 181 g/mol. The van der Waals surface area contributed by atoms with Crippen LogP contribution in [0.1, 0.15) is 23.9 Å². The van der Waals surface area contributed by atoms with E-state index in [0.29, 0.717) is 12.5 Å². The summed E-state index contributed by atoms with van der Waals surface area (Å²) in [6.45, 7) is 2.34. The minimum Gasteiger partial charge on any atom is -0.381 e. The minimum atomic E-state index is 0.513. The predicted molar refractivity (Wildman–Crippen MR) is 49.5 cm³/mol. The number of nitrogens with one attached hydrogen (secondary N) is 1. The lowest BCUT2D eigenvalue weighted by atomic mass is 10.1. The van der Waals surface area contributed by atoms with E-state index in [1.165, 1.54) is 5.69 Å². The first-order chi connectivity index (χ1) is 6.40. The molecule has 1 fully saturated rings. The molecule has 0 saturated carbocycles. The third-order valence-electron chi connectivity index (χ3n) is 2.40. The molecule has 0 aliphatic carbocycles. The van der Waals surface area contributed by atoms with Gasteiger partial charge in [0.05, 0.1) is 6.61 Å². The van der Waals surface area contributed by atoms with Crippen molar-refractivity contribution in [3.8, 4) is 0 Å². The largest absolute Gasteiger partial charge is 0.381 e. The number of ether oxygens (including phenoxy) is 1. The van der Waals surface area contributed by atoms with Crippen molar-refractivity contribution in [2.75, 3.05) is 19.8 Å². The van der Waals surface area contributed by atoms with Crippen molar-refractivity contribution in [3.63, 3.8) is 0 Å². The summed E-state index contributed by atoms with van der Waals surface area (Å²) in [6, 6.07) is 0. The van der Waals surface area contributed by atoms with Crippen LogP contribution in [0.4, 0.5) is 0 Å². The Kier molecular flexibility index (Phi) is 2.61. The van der Waals surface area contributed by atoms with E-state index < -0.39 is 0 Å². The van der Waals surface area contributed by atoms with Gasteiger partial charge in [-0.1, -0.05) is 0 Å². The molecule has 4 heteroatoms. The standard InChI is InChI=1S/C9H15N3O/c10-3-1-9-11-5-8(12-9)7-2-4-13-6-7/h5,7H,1-4,6,10H2,(H,11,12). The molecule has 0 radical (unpaired) electrons. The Balaban J connectivity index is 2.03. The molecule has 13 heavy (non-hydrogen) atoms. The quantitative estimate of drug-likeness (QED) is 0.710. The lowest BCUT2D eigenvalue weighted by Gasteiger charge is -2.02. The van der Waals surface area contributed by atoms with Crippen molar-refractivity contribution in [2.45, 2.75) is 18.8 Å². The number of rotatable bonds is 3. The van der Waals surface area contributed by atoms with Gasteiger partial charge in [-0.25, -0.2) is 4.98 Å². The van der Waals surface area contributed by atoms with Gasteiger partial charge in [-0.15, -0.1) is 0 Å². The number of hydrogen-bond donors (Lipinski definition) is 2. The highest BCUT2D eigenvalue weighted by molar-refractivity contribution is 5.09. The average molecular weight is 181 g/mol. The van der Waals surface area contributed by atoms with E-state index in [1.54, 1.807) is 0 Å². The molecule has 0 bridgehead atoms. The van der Waals surface area contributed by atoms with Crippen molar-refractivity contribution in [2.24, 2.45) is 5.73 Å². The number of hydrogen-bond acceptors (Lipinski definition) is 3. The molecule has 0 amide bonds. The summed E-state index contributed by atoms with van der Waals surface area (Å²) >= 11 is 0. The van der Waals surface area contributed by atoms with Crippen LogP contribution in [0.3, 0.4) is 0 Å². The predicted octanol–water partition coefficient (Wildman–Crippen LogP) is 0.415. The third kappa shape index (κ3) is 1.89. The van der Waals surface area contributed by atoms with Crippen molar-refractivity contribution in [1.82, 2.24) is 9.97 Å². The second-order valence-corrected chi connectivity index (χ2v) is 3.38. The normalized spacial score (nSPS) is 22.4. The molecule has 1 unspecified atom stereocenters. The van der Waals surface area contributed by atoms with E-state index in [1.807, 2.05) is 6.20 Å². The van der Waals surface area contributed by atoms with E-state index in [-0.39, 0.29) is 0 Å². The number of aromatic nitrogens is 2. The molecular weight excluding hydrogens is 166 g/mol. The summed E-state index contributed by atoms with van der Waals surface area (Å²) in [5.41, 5.74) is 6.63. The fraction of sp³-hybridized carbons (Fsp3) is 0.667. The Labute approximate surface area is 77.5 Å². The highest BCUT2D eigenvalue weighted by Gasteiger charge is 2.19. The van der Waals surface area contributed by atoms with Crippen LogP contribution in [0.2, 0.25) is 0 Å². The molecule has 72 valence electrons. The second-order valence-electron chi connectivity index (χ2n) is 3.38. The molecule has 1 aromatic heterocycles. The first-order valence-electron chi connectivity index (χ1n) is 4.71. The van der Waals surface area contributed by atoms with Crippen molar-refractivity contribution >= 4 is 0 Å². The minimum absolute atomic E-state index is 0.513. The van der Waals surface area contributed by atoms with E-state index in [9.17, 15) is 0 Å². The molecule has 0 aromatic carbocycles. The van der Waals surface area contributed by atoms with Gasteiger partial charge in [0.15, 0.2) is 0 Å². The second kappa shape index (κ2) is 3.89. The first kappa shape index (κ1) is 8.72. The van der Waals surface area contributed by atoms with Crippen molar-refractivity contribution in [3.05, 3.63) is 17.7 Å². The maximum Gasteiger partial charge on any atom is 0.107 e. The van der Waals surface area contributed by atoms with Gasteiger partial charge in [0.25, 0.3) is 0 Å². The van der Waals surface area contributed by atoms with Gasteiger partial charge in [-0.3, -0.25) is 0 Å². The van der Waals surface area contributed by atoms with Gasteiger partial charge in [-0.05, 0) is 13.0 Å². The number of imidazole rings is 1. The summed E-state index contributed by atoms with van der Waals surface area (Å²) < 4.78 is 5.31. The molecule has 1 aliphatic rings. The van der Waals surface area contributed by atoms with Gasteiger partial charge in [-0.2, -0.15) is 0 Å². The molecule has 1 saturated heterocycles. The average Bonchev–Trinajstić information content (AvgIpc) is 2.70. The maximum absolute atomic E-state index is 5.44. The van der Waals surface area contributed by atoms with Crippen LogP contribution in [0.15, 0.2) is 6.20 Å². The number of nitrogens with zero attached hydrogens (tertiary/aromatic N) is 1. The highest BCUT2D eigenvalue weighted by atomic mass is 16.5. The van der Waals surface area contributed by atoms with E-state index in [0.717, 1.165) is 31.9 Å². The van der Waals surface area contributed by atoms with Crippen LogP contribution in [-0.4, -0.2) is 29.7 Å². The SMILES string of the molecule is NCCc1ncc(C2CCOC2)[nH]1. The van der Waals surface area contributed by atoms with Gasteiger partial charge in [0, 0.05) is 30.8 Å². The van der Waals surface area contributed by atoms with E-state index in [4.69, 9.17) is 10.5 Å². The molecule has 4 nitrogen and oxygen atoms in total. The van der Waals surface area contributed by atoms with Gasteiger partial charge >= 0.3 is 0 Å². The summed E-state index contributed by atoms with van der Waals surface area (Å²) in [4.78, 5) is 7.54. The van der Waals surface area contributed by atoms with Crippen LogP contribution in [0, 0.1) is 0 Å². The summed E-state index contributed by atoms with van der Waals surface area (Å²) in [6.07, 6.45) is 3.84. The smallest absolute Gasteiger partial charge is 0.107 e. The Bertz CT molecular complexity index is 266. The van der Waals surface area contributed by atoms with Crippen LogP contribution in [-0.2, 0) is 11.2 Å². The van der Waals surface area contributed by atoms with E-state index in [2.05, 4.69) is 9.97 Å². The van der Waals surface area contributed by atoms with Crippen LogP contribution >= 0.6 is 0 Å². The molecule has 1 aromatic rings. The number of nitrogens with two attached hydrogens (primary N) is 1. The zero-order valence-corrected chi connectivity index (χ0v) is 7.62. The Morgan fingerprint density at radius 1 is 1.69 bits per heavy atom. The number of aromatic amines is 1. The lowest BCUT2D eigenvalue weighted by Crippen LogP contribution is -2.04. The van der Waals surface area contributed by atoms with Crippen LogP contribution in [0.5, 0.6) is 0 Å². The summed E-state index contributed by atoms with van der Waals surface area (Å²) in [7, 11) is 0. The molecule has 2 rings (SSSR count). The van der Waals surface area contributed by atoms with E-state index >= 15 is 0 Å². The summed E-state index contributed by atoms with van der Waals surface area (Å²) in [5.74, 6) is 1.50. The molecule has 1 atom stereocenters. The van der Waals surface area contributed by atoms with Gasteiger partial charge in [0.2, 0.25) is 0 Å². The molecule has 2 heterocycles. The van der Waals surface area contributed by atoms with Crippen molar-refractivity contribution < 1.29 is 4.74 Å². The highest BCUT2D eigenvalue weighted by Crippen LogP contribution is 2.23. The summed E-state index contributed by atoms with van der Waals surface area (Å²) in [5, 5.41) is 0. The zero-order valence-electron chi connectivity index (χ0n) is 7.62. The van der Waals surface area contributed by atoms with Crippen LogP contribution in [0.25, 0.3) is 0 Å². The Morgan fingerprint density at radius 3 is 3.31 bits per heavy atom. The topological polar surface area (TPSA) is 63.9 Å². The lowest BCUT2D eigenvalue weighted by molar-refractivity contribution is 0.193.